The van der Waals surface area contributed by atoms with Crippen molar-refractivity contribution in [3.8, 4) is 0 Å². The van der Waals surface area contributed by atoms with Crippen LogP contribution in [-0.2, 0) is 6.42 Å². The van der Waals surface area contributed by atoms with Crippen molar-refractivity contribution in [3.63, 3.8) is 0 Å². The van der Waals surface area contributed by atoms with Crippen LogP contribution in [-0.4, -0.2) is 17.5 Å². The van der Waals surface area contributed by atoms with Crippen LogP contribution in [0.1, 0.15) is 50.3 Å². The maximum atomic E-state index is 3.74. The number of aryl methyl sites for hydroxylation is 1. The van der Waals surface area contributed by atoms with Crippen molar-refractivity contribution in [2.45, 2.75) is 50.8 Å². The first-order valence-electron chi connectivity index (χ1n) is 7.29. The molecule has 1 aromatic rings. The molecule has 0 aliphatic carbocycles. The predicted octanol–water partition coefficient (Wildman–Crippen LogP) is 4.19. The van der Waals surface area contributed by atoms with Crippen molar-refractivity contribution in [1.82, 2.24) is 5.32 Å². The Morgan fingerprint density at radius 2 is 2.06 bits per heavy atom. The van der Waals surface area contributed by atoms with Crippen LogP contribution >= 0.6 is 11.8 Å². The van der Waals surface area contributed by atoms with Crippen LogP contribution in [0.15, 0.2) is 24.3 Å². The van der Waals surface area contributed by atoms with Crippen molar-refractivity contribution in [2.24, 2.45) is 0 Å². The summed E-state index contributed by atoms with van der Waals surface area (Å²) in [5, 5.41) is 4.51. The third kappa shape index (κ3) is 3.52. The van der Waals surface area contributed by atoms with Gasteiger partial charge in [-0.25, -0.2) is 0 Å². The van der Waals surface area contributed by atoms with Crippen LogP contribution in [0.25, 0.3) is 0 Å². The van der Waals surface area contributed by atoms with Crippen LogP contribution in [0.4, 0.5) is 0 Å². The normalized spacial score (nSPS) is 21.1. The maximum Gasteiger partial charge on any atom is 0.0440 e. The van der Waals surface area contributed by atoms with Gasteiger partial charge in [0.05, 0.1) is 0 Å². The number of hydrogen-bond donors (Lipinski definition) is 1. The average molecular weight is 263 g/mol. The SMILES string of the molecule is CCCNC(c1ccc(CC)cc1)C1CCCS1. The van der Waals surface area contributed by atoms with E-state index in [1.165, 1.54) is 36.1 Å². The van der Waals surface area contributed by atoms with E-state index >= 15 is 0 Å². The summed E-state index contributed by atoms with van der Waals surface area (Å²) in [6.45, 7) is 5.58. The second-order valence-corrected chi connectivity index (χ2v) is 6.43. The third-order valence-electron chi connectivity index (χ3n) is 3.70. The van der Waals surface area contributed by atoms with E-state index in [1.54, 1.807) is 0 Å². The van der Waals surface area contributed by atoms with E-state index in [9.17, 15) is 0 Å². The summed E-state index contributed by atoms with van der Waals surface area (Å²) in [6, 6.07) is 9.77. The molecule has 1 nitrogen and oxygen atoms in total. The summed E-state index contributed by atoms with van der Waals surface area (Å²) < 4.78 is 0. The van der Waals surface area contributed by atoms with Crippen molar-refractivity contribution < 1.29 is 0 Å². The predicted molar refractivity (Wildman–Crippen MR) is 82.3 cm³/mol. The van der Waals surface area contributed by atoms with Crippen LogP contribution in [0.2, 0.25) is 0 Å². The highest BCUT2D eigenvalue weighted by molar-refractivity contribution is 8.00. The Hall–Kier alpha value is -0.470. The molecule has 0 spiro atoms. The van der Waals surface area contributed by atoms with Crippen LogP contribution in [0.3, 0.4) is 0 Å². The molecule has 1 fully saturated rings. The van der Waals surface area contributed by atoms with Gasteiger partial charge in [-0.15, -0.1) is 0 Å². The summed E-state index contributed by atoms with van der Waals surface area (Å²) in [6.07, 6.45) is 5.08. The van der Waals surface area contributed by atoms with E-state index in [-0.39, 0.29) is 0 Å². The number of hydrogen-bond acceptors (Lipinski definition) is 2. The molecule has 0 saturated carbocycles. The zero-order valence-electron chi connectivity index (χ0n) is 11.6. The maximum absolute atomic E-state index is 3.74. The van der Waals surface area contributed by atoms with E-state index in [0.29, 0.717) is 6.04 Å². The average Bonchev–Trinajstić information content (AvgIpc) is 2.94. The van der Waals surface area contributed by atoms with Crippen molar-refractivity contribution in [3.05, 3.63) is 35.4 Å². The molecule has 1 saturated heterocycles. The minimum absolute atomic E-state index is 0.545. The van der Waals surface area contributed by atoms with Gasteiger partial charge in [0, 0.05) is 11.3 Å². The van der Waals surface area contributed by atoms with E-state index in [2.05, 4.69) is 55.2 Å². The van der Waals surface area contributed by atoms with Crippen LogP contribution in [0, 0.1) is 0 Å². The van der Waals surface area contributed by atoms with Crippen molar-refractivity contribution in [1.29, 1.82) is 0 Å². The lowest BCUT2D eigenvalue weighted by Gasteiger charge is -2.25. The van der Waals surface area contributed by atoms with E-state index in [1.807, 2.05) is 0 Å². The molecular weight excluding hydrogens is 238 g/mol. The lowest BCUT2D eigenvalue weighted by atomic mass is 9.99. The molecule has 18 heavy (non-hydrogen) atoms. The molecule has 2 heteroatoms. The van der Waals surface area contributed by atoms with E-state index in [4.69, 9.17) is 0 Å². The molecular formula is C16H25NS. The van der Waals surface area contributed by atoms with E-state index < -0.39 is 0 Å². The highest BCUT2D eigenvalue weighted by Gasteiger charge is 2.26. The van der Waals surface area contributed by atoms with E-state index in [0.717, 1.165) is 18.2 Å². The monoisotopic (exact) mass is 263 g/mol. The van der Waals surface area contributed by atoms with Crippen LogP contribution < -0.4 is 5.32 Å². The first kappa shape index (κ1) is 14.0. The molecule has 100 valence electrons. The molecule has 1 aliphatic rings. The van der Waals surface area contributed by atoms with Gasteiger partial charge in [-0.2, -0.15) is 11.8 Å². The minimum atomic E-state index is 0.545. The molecule has 1 N–H and O–H groups in total. The summed E-state index contributed by atoms with van der Waals surface area (Å²) in [5.41, 5.74) is 2.91. The molecule has 0 aromatic heterocycles. The molecule has 2 rings (SSSR count). The fourth-order valence-electron chi connectivity index (χ4n) is 2.59. The van der Waals surface area contributed by atoms with Gasteiger partial charge >= 0.3 is 0 Å². The van der Waals surface area contributed by atoms with Crippen molar-refractivity contribution in [2.75, 3.05) is 12.3 Å². The minimum Gasteiger partial charge on any atom is -0.309 e. The number of thioether (sulfide) groups is 1. The Balaban J connectivity index is 2.10. The Morgan fingerprint density at radius 1 is 1.28 bits per heavy atom. The summed E-state index contributed by atoms with van der Waals surface area (Å²) in [7, 11) is 0. The number of nitrogens with one attached hydrogen (secondary N) is 1. The molecule has 0 amide bonds. The highest BCUT2D eigenvalue weighted by atomic mass is 32.2. The Bertz CT molecular complexity index is 341. The van der Waals surface area contributed by atoms with Gasteiger partial charge in [0.25, 0.3) is 0 Å². The second-order valence-electron chi connectivity index (χ2n) is 5.08. The Labute approximate surface area is 116 Å². The number of benzene rings is 1. The second kappa shape index (κ2) is 7.20. The van der Waals surface area contributed by atoms with Gasteiger partial charge in [0.1, 0.15) is 0 Å². The van der Waals surface area contributed by atoms with Gasteiger partial charge in [0.15, 0.2) is 0 Å². The topological polar surface area (TPSA) is 12.0 Å². The summed E-state index contributed by atoms with van der Waals surface area (Å²) >= 11 is 2.14. The lowest BCUT2D eigenvalue weighted by Crippen LogP contribution is -2.29. The molecule has 1 heterocycles. The standard InChI is InChI=1S/C16H25NS/c1-3-11-17-16(15-6-5-12-18-15)14-9-7-13(4-2)8-10-14/h7-10,15-17H,3-6,11-12H2,1-2H3. The quantitative estimate of drug-likeness (QED) is 0.826. The first-order valence-corrected chi connectivity index (χ1v) is 8.33. The molecule has 0 radical (unpaired) electrons. The molecule has 1 aliphatic heterocycles. The van der Waals surface area contributed by atoms with Gasteiger partial charge < -0.3 is 5.32 Å². The number of rotatable bonds is 6. The van der Waals surface area contributed by atoms with Gasteiger partial charge in [-0.3, -0.25) is 0 Å². The Morgan fingerprint density at radius 3 is 2.61 bits per heavy atom. The molecule has 1 aromatic carbocycles. The summed E-state index contributed by atoms with van der Waals surface area (Å²) in [5.74, 6) is 1.34. The summed E-state index contributed by atoms with van der Waals surface area (Å²) in [4.78, 5) is 0. The Kier molecular flexibility index (Phi) is 5.58. The zero-order valence-corrected chi connectivity index (χ0v) is 12.4. The third-order valence-corrected chi connectivity index (χ3v) is 5.16. The fourth-order valence-corrected chi connectivity index (χ4v) is 4.01. The lowest BCUT2D eigenvalue weighted by molar-refractivity contribution is 0.503. The molecule has 0 bridgehead atoms. The van der Waals surface area contributed by atoms with Gasteiger partial charge in [-0.05, 0) is 49.1 Å². The van der Waals surface area contributed by atoms with Crippen molar-refractivity contribution >= 4 is 11.8 Å². The van der Waals surface area contributed by atoms with Gasteiger partial charge in [0.2, 0.25) is 0 Å². The highest BCUT2D eigenvalue weighted by Crippen LogP contribution is 2.36. The smallest absolute Gasteiger partial charge is 0.0440 e. The zero-order chi connectivity index (χ0) is 12.8. The van der Waals surface area contributed by atoms with Gasteiger partial charge in [-0.1, -0.05) is 38.1 Å². The molecule has 2 atom stereocenters. The molecule has 2 unspecified atom stereocenters. The fraction of sp³-hybridized carbons (Fsp3) is 0.625. The van der Waals surface area contributed by atoms with Crippen LogP contribution in [0.5, 0.6) is 0 Å². The first-order chi connectivity index (χ1) is 8.85. The largest absolute Gasteiger partial charge is 0.309 e.